The molecular formula is C23H26ClN3O3. The van der Waals surface area contributed by atoms with E-state index in [9.17, 15) is 0 Å². The number of aromatic nitrogens is 1. The quantitative estimate of drug-likeness (QED) is 0.672. The van der Waals surface area contributed by atoms with Gasteiger partial charge in [-0.3, -0.25) is 0 Å². The standard InChI is InChI=1S/C23H25N3O3.ClH/c1-2-4-20-18(3-1)14-19(23(25-20)26-7-9-27-10-8-26)16-24-15-17-5-6-21-22(13-17)29-12-11-28-21;/h1-6,13-14,24H,7-12,15-16H2;1H. The van der Waals surface area contributed by atoms with Crippen LogP contribution in [0.15, 0.2) is 48.5 Å². The molecule has 1 aromatic heterocycles. The maximum Gasteiger partial charge on any atom is 0.161 e. The van der Waals surface area contributed by atoms with Crippen molar-refractivity contribution in [2.24, 2.45) is 0 Å². The van der Waals surface area contributed by atoms with Crippen molar-refractivity contribution in [3.05, 3.63) is 59.7 Å². The van der Waals surface area contributed by atoms with Crippen molar-refractivity contribution in [3.63, 3.8) is 0 Å². The lowest BCUT2D eigenvalue weighted by Crippen LogP contribution is -2.37. The molecule has 0 spiro atoms. The fourth-order valence-corrected chi connectivity index (χ4v) is 3.87. The number of morpholine rings is 1. The Bertz CT molecular complexity index is 1010. The molecule has 3 aromatic rings. The molecule has 6 nitrogen and oxygen atoms in total. The molecule has 2 aliphatic rings. The van der Waals surface area contributed by atoms with Crippen LogP contribution in [0.25, 0.3) is 10.9 Å². The van der Waals surface area contributed by atoms with Crippen LogP contribution in [0.1, 0.15) is 11.1 Å². The number of nitrogens with zero attached hydrogens (tertiary/aromatic N) is 2. The third kappa shape index (κ3) is 4.46. The van der Waals surface area contributed by atoms with E-state index >= 15 is 0 Å². The third-order valence-electron chi connectivity index (χ3n) is 5.34. The normalized spacial score (nSPS) is 15.7. The predicted octanol–water partition coefficient (Wildman–Crippen LogP) is 3.55. The molecule has 0 radical (unpaired) electrons. The van der Waals surface area contributed by atoms with Gasteiger partial charge in [0.25, 0.3) is 0 Å². The van der Waals surface area contributed by atoms with Gasteiger partial charge < -0.3 is 24.4 Å². The minimum absolute atomic E-state index is 0. The highest BCUT2D eigenvalue weighted by Gasteiger charge is 2.17. The molecule has 0 unspecified atom stereocenters. The molecule has 7 heteroatoms. The monoisotopic (exact) mass is 427 g/mol. The van der Waals surface area contributed by atoms with E-state index in [1.54, 1.807) is 0 Å². The minimum Gasteiger partial charge on any atom is -0.486 e. The van der Waals surface area contributed by atoms with Crippen molar-refractivity contribution in [2.45, 2.75) is 13.1 Å². The molecule has 1 fully saturated rings. The number of fused-ring (bicyclic) bond motifs is 2. The molecule has 158 valence electrons. The maximum atomic E-state index is 5.69. The first-order valence-electron chi connectivity index (χ1n) is 10.2. The molecule has 30 heavy (non-hydrogen) atoms. The highest BCUT2D eigenvalue weighted by molar-refractivity contribution is 5.85. The lowest BCUT2D eigenvalue weighted by atomic mass is 10.1. The van der Waals surface area contributed by atoms with Gasteiger partial charge in [-0.2, -0.15) is 0 Å². The first-order chi connectivity index (χ1) is 14.4. The Morgan fingerprint density at radius 2 is 1.67 bits per heavy atom. The molecule has 5 rings (SSSR count). The van der Waals surface area contributed by atoms with Crippen molar-refractivity contribution in [1.82, 2.24) is 10.3 Å². The molecule has 0 amide bonds. The van der Waals surface area contributed by atoms with Gasteiger partial charge in [0.15, 0.2) is 11.5 Å². The number of hydrogen-bond acceptors (Lipinski definition) is 6. The maximum absolute atomic E-state index is 5.69. The molecular weight excluding hydrogens is 402 g/mol. The van der Waals surface area contributed by atoms with E-state index in [1.807, 2.05) is 12.1 Å². The number of pyridine rings is 1. The molecule has 0 bridgehead atoms. The Kier molecular flexibility index (Phi) is 6.57. The highest BCUT2D eigenvalue weighted by Crippen LogP contribution is 2.31. The predicted molar refractivity (Wildman–Crippen MR) is 120 cm³/mol. The summed E-state index contributed by atoms with van der Waals surface area (Å²) in [5.41, 5.74) is 3.42. The van der Waals surface area contributed by atoms with E-state index in [4.69, 9.17) is 19.2 Å². The summed E-state index contributed by atoms with van der Waals surface area (Å²) in [7, 11) is 0. The molecule has 0 saturated carbocycles. The van der Waals surface area contributed by atoms with Gasteiger partial charge in [-0.25, -0.2) is 4.98 Å². The molecule has 2 aromatic carbocycles. The van der Waals surface area contributed by atoms with Crippen LogP contribution in [0.4, 0.5) is 5.82 Å². The molecule has 2 aliphatic heterocycles. The summed E-state index contributed by atoms with van der Waals surface area (Å²) in [6.45, 7) is 5.97. The van der Waals surface area contributed by atoms with Crippen LogP contribution in [0, 0.1) is 0 Å². The van der Waals surface area contributed by atoms with Crippen molar-refractivity contribution >= 4 is 29.1 Å². The Labute approximate surface area is 182 Å². The van der Waals surface area contributed by atoms with E-state index in [-0.39, 0.29) is 12.4 Å². The Morgan fingerprint density at radius 3 is 2.53 bits per heavy atom. The second-order valence-electron chi connectivity index (χ2n) is 7.34. The van der Waals surface area contributed by atoms with Crippen LogP contribution in [-0.2, 0) is 17.8 Å². The number of anilines is 1. The summed E-state index contributed by atoms with van der Waals surface area (Å²) in [6.07, 6.45) is 0. The van der Waals surface area contributed by atoms with Crippen LogP contribution in [-0.4, -0.2) is 44.5 Å². The Hall–Kier alpha value is -2.54. The number of para-hydroxylation sites is 1. The zero-order chi connectivity index (χ0) is 19.5. The van der Waals surface area contributed by atoms with E-state index < -0.39 is 0 Å². The van der Waals surface area contributed by atoms with Crippen molar-refractivity contribution in [1.29, 1.82) is 0 Å². The van der Waals surface area contributed by atoms with Crippen LogP contribution in [0.3, 0.4) is 0 Å². The Balaban J connectivity index is 0.00000218. The zero-order valence-corrected chi connectivity index (χ0v) is 17.6. The van der Waals surface area contributed by atoms with Gasteiger partial charge in [-0.1, -0.05) is 24.3 Å². The SMILES string of the molecule is Cl.c1ccc2nc(N3CCOCC3)c(CNCc3ccc4c(c3)OCCO4)cc2c1. The van der Waals surface area contributed by atoms with Crippen LogP contribution >= 0.6 is 12.4 Å². The lowest BCUT2D eigenvalue weighted by Gasteiger charge is -2.30. The number of hydrogen-bond donors (Lipinski definition) is 1. The average Bonchev–Trinajstić information content (AvgIpc) is 2.79. The van der Waals surface area contributed by atoms with E-state index in [1.165, 1.54) is 16.5 Å². The fraction of sp³-hybridized carbons (Fsp3) is 0.348. The summed E-state index contributed by atoms with van der Waals surface area (Å²) in [6, 6.07) is 16.7. The summed E-state index contributed by atoms with van der Waals surface area (Å²) >= 11 is 0. The lowest BCUT2D eigenvalue weighted by molar-refractivity contribution is 0.122. The average molecular weight is 428 g/mol. The van der Waals surface area contributed by atoms with Crippen LogP contribution in [0.2, 0.25) is 0 Å². The molecule has 0 aliphatic carbocycles. The van der Waals surface area contributed by atoms with Gasteiger partial charge >= 0.3 is 0 Å². The molecule has 3 heterocycles. The summed E-state index contributed by atoms with van der Waals surface area (Å²) in [4.78, 5) is 7.31. The first kappa shape index (κ1) is 20.7. The van der Waals surface area contributed by atoms with Gasteiger partial charge in [0.2, 0.25) is 0 Å². The molecule has 0 atom stereocenters. The molecule has 1 saturated heterocycles. The molecule has 1 N–H and O–H groups in total. The van der Waals surface area contributed by atoms with E-state index in [2.05, 4.69) is 46.6 Å². The fourth-order valence-electron chi connectivity index (χ4n) is 3.87. The second-order valence-corrected chi connectivity index (χ2v) is 7.34. The summed E-state index contributed by atoms with van der Waals surface area (Å²) < 4.78 is 16.8. The second kappa shape index (κ2) is 9.51. The number of benzene rings is 2. The number of halogens is 1. The topological polar surface area (TPSA) is 55.9 Å². The van der Waals surface area contributed by atoms with Crippen molar-refractivity contribution in [3.8, 4) is 11.5 Å². The van der Waals surface area contributed by atoms with E-state index in [0.29, 0.717) is 13.2 Å². The largest absolute Gasteiger partial charge is 0.486 e. The van der Waals surface area contributed by atoms with Crippen LogP contribution in [0.5, 0.6) is 11.5 Å². The third-order valence-corrected chi connectivity index (χ3v) is 5.34. The van der Waals surface area contributed by atoms with Gasteiger partial charge in [0.1, 0.15) is 19.0 Å². The first-order valence-corrected chi connectivity index (χ1v) is 10.2. The minimum atomic E-state index is 0. The zero-order valence-electron chi connectivity index (χ0n) is 16.8. The number of ether oxygens (including phenoxy) is 3. The summed E-state index contributed by atoms with van der Waals surface area (Å²) in [5.74, 6) is 2.71. The van der Waals surface area contributed by atoms with E-state index in [0.717, 1.165) is 62.2 Å². The van der Waals surface area contributed by atoms with Crippen molar-refractivity contribution < 1.29 is 14.2 Å². The van der Waals surface area contributed by atoms with Gasteiger partial charge in [-0.15, -0.1) is 12.4 Å². The summed E-state index contributed by atoms with van der Waals surface area (Å²) in [5, 5.41) is 4.74. The van der Waals surface area contributed by atoms with Gasteiger partial charge in [-0.05, 0) is 29.8 Å². The smallest absolute Gasteiger partial charge is 0.161 e. The Morgan fingerprint density at radius 1 is 0.867 bits per heavy atom. The number of rotatable bonds is 5. The van der Waals surface area contributed by atoms with Crippen molar-refractivity contribution in [2.75, 3.05) is 44.4 Å². The van der Waals surface area contributed by atoms with Gasteiger partial charge in [0, 0.05) is 37.1 Å². The van der Waals surface area contributed by atoms with Gasteiger partial charge in [0.05, 0.1) is 18.7 Å². The highest BCUT2D eigenvalue weighted by atomic mass is 35.5. The van der Waals surface area contributed by atoms with Crippen LogP contribution < -0.4 is 19.7 Å². The number of nitrogens with one attached hydrogen (secondary N) is 1.